The Bertz CT molecular complexity index is 456. The molecule has 1 aliphatic rings. The van der Waals surface area contributed by atoms with Crippen molar-refractivity contribution in [1.29, 1.82) is 0 Å². The SMILES string of the molecule is Cc1cc(NC(=O)C2(N)CCCC2)cc(C)c1Br. The maximum Gasteiger partial charge on any atom is 0.244 e. The number of benzene rings is 1. The molecule has 0 aromatic heterocycles. The number of carbonyl (C=O) groups excluding carboxylic acids is 1. The molecule has 0 heterocycles. The first kappa shape index (κ1) is 13.6. The number of hydrogen-bond donors (Lipinski definition) is 2. The van der Waals surface area contributed by atoms with Crippen molar-refractivity contribution < 1.29 is 4.79 Å². The van der Waals surface area contributed by atoms with Crippen LogP contribution < -0.4 is 11.1 Å². The molecule has 0 spiro atoms. The molecule has 4 heteroatoms. The molecule has 0 radical (unpaired) electrons. The van der Waals surface area contributed by atoms with Gasteiger partial charge >= 0.3 is 0 Å². The van der Waals surface area contributed by atoms with E-state index in [1.807, 2.05) is 26.0 Å². The van der Waals surface area contributed by atoms with Crippen molar-refractivity contribution in [2.75, 3.05) is 5.32 Å². The summed E-state index contributed by atoms with van der Waals surface area (Å²) in [6.07, 6.45) is 3.66. The Morgan fingerprint density at radius 1 is 1.28 bits per heavy atom. The highest BCUT2D eigenvalue weighted by molar-refractivity contribution is 9.10. The van der Waals surface area contributed by atoms with Crippen LogP contribution in [0.15, 0.2) is 16.6 Å². The highest BCUT2D eigenvalue weighted by atomic mass is 79.9. The van der Waals surface area contributed by atoms with E-state index in [2.05, 4.69) is 21.2 Å². The first-order valence-corrected chi connectivity index (χ1v) is 7.09. The molecule has 0 aliphatic heterocycles. The van der Waals surface area contributed by atoms with Crippen molar-refractivity contribution in [2.24, 2.45) is 5.73 Å². The second-order valence-corrected chi connectivity index (χ2v) is 6.03. The first-order valence-electron chi connectivity index (χ1n) is 6.29. The van der Waals surface area contributed by atoms with Gasteiger partial charge in [-0.2, -0.15) is 0 Å². The zero-order chi connectivity index (χ0) is 13.3. The van der Waals surface area contributed by atoms with Crippen LogP contribution in [-0.2, 0) is 4.79 Å². The molecule has 18 heavy (non-hydrogen) atoms. The van der Waals surface area contributed by atoms with Crippen molar-refractivity contribution in [3.63, 3.8) is 0 Å². The predicted octanol–water partition coefficient (Wildman–Crippen LogP) is 3.28. The molecule has 0 unspecified atom stereocenters. The average Bonchev–Trinajstić information content (AvgIpc) is 2.74. The highest BCUT2D eigenvalue weighted by Gasteiger charge is 2.36. The van der Waals surface area contributed by atoms with Gasteiger partial charge in [0.15, 0.2) is 0 Å². The van der Waals surface area contributed by atoms with E-state index in [0.717, 1.165) is 47.0 Å². The first-order chi connectivity index (χ1) is 8.42. The van der Waals surface area contributed by atoms with Gasteiger partial charge < -0.3 is 11.1 Å². The molecule has 1 aliphatic carbocycles. The Labute approximate surface area is 116 Å². The molecule has 3 N–H and O–H groups in total. The minimum Gasteiger partial charge on any atom is -0.324 e. The van der Waals surface area contributed by atoms with E-state index in [0.29, 0.717) is 0 Å². The van der Waals surface area contributed by atoms with Gasteiger partial charge in [-0.25, -0.2) is 0 Å². The molecule has 98 valence electrons. The maximum atomic E-state index is 12.2. The zero-order valence-electron chi connectivity index (χ0n) is 10.8. The fraction of sp³-hybridized carbons (Fsp3) is 0.500. The van der Waals surface area contributed by atoms with Crippen molar-refractivity contribution in [3.05, 3.63) is 27.7 Å². The second kappa shape index (κ2) is 5.02. The monoisotopic (exact) mass is 310 g/mol. The molecule has 1 aromatic carbocycles. The summed E-state index contributed by atoms with van der Waals surface area (Å²) in [5.74, 6) is -0.0545. The van der Waals surface area contributed by atoms with Gasteiger partial charge in [0.2, 0.25) is 5.91 Å². The van der Waals surface area contributed by atoms with Crippen LogP contribution in [-0.4, -0.2) is 11.4 Å². The second-order valence-electron chi connectivity index (χ2n) is 5.24. The number of anilines is 1. The molecule has 0 saturated heterocycles. The van der Waals surface area contributed by atoms with Gasteiger partial charge in [-0.1, -0.05) is 28.8 Å². The largest absolute Gasteiger partial charge is 0.324 e. The summed E-state index contributed by atoms with van der Waals surface area (Å²) in [6, 6.07) is 3.93. The van der Waals surface area contributed by atoms with E-state index in [9.17, 15) is 4.79 Å². The molecule has 1 amide bonds. The molecule has 1 fully saturated rings. The summed E-state index contributed by atoms with van der Waals surface area (Å²) in [5, 5.41) is 2.95. The van der Waals surface area contributed by atoms with Crippen LogP contribution in [0.3, 0.4) is 0 Å². The van der Waals surface area contributed by atoms with E-state index >= 15 is 0 Å². The Morgan fingerprint density at radius 3 is 2.28 bits per heavy atom. The number of halogens is 1. The number of amides is 1. The topological polar surface area (TPSA) is 55.1 Å². The highest BCUT2D eigenvalue weighted by Crippen LogP contribution is 2.30. The molecule has 0 atom stereocenters. The van der Waals surface area contributed by atoms with E-state index in [1.165, 1.54) is 0 Å². The minimum absolute atomic E-state index is 0.0545. The minimum atomic E-state index is -0.672. The predicted molar refractivity (Wildman–Crippen MR) is 77.6 cm³/mol. The van der Waals surface area contributed by atoms with Crippen molar-refractivity contribution in [1.82, 2.24) is 0 Å². The van der Waals surface area contributed by atoms with Gasteiger partial charge in [-0.15, -0.1) is 0 Å². The van der Waals surface area contributed by atoms with Crippen molar-refractivity contribution >= 4 is 27.5 Å². The van der Waals surface area contributed by atoms with E-state index in [1.54, 1.807) is 0 Å². The van der Waals surface area contributed by atoms with E-state index in [-0.39, 0.29) is 5.91 Å². The number of carbonyl (C=O) groups is 1. The number of hydrogen-bond acceptors (Lipinski definition) is 2. The van der Waals surface area contributed by atoms with Gasteiger partial charge in [0.1, 0.15) is 0 Å². The van der Waals surface area contributed by atoms with Crippen LogP contribution in [0.1, 0.15) is 36.8 Å². The molecular weight excluding hydrogens is 292 g/mol. The van der Waals surface area contributed by atoms with Crippen LogP contribution in [0.4, 0.5) is 5.69 Å². The fourth-order valence-corrected chi connectivity index (χ4v) is 2.74. The summed E-state index contributed by atoms with van der Waals surface area (Å²) >= 11 is 3.52. The number of rotatable bonds is 2. The van der Waals surface area contributed by atoms with Crippen LogP contribution in [0.2, 0.25) is 0 Å². The molecule has 0 bridgehead atoms. The normalized spacial score (nSPS) is 17.8. The third-order valence-corrected chi connectivity index (χ3v) is 4.89. The molecular formula is C14H19BrN2O. The standard InChI is InChI=1S/C14H19BrN2O/c1-9-7-11(8-10(2)12(9)15)17-13(18)14(16)5-3-4-6-14/h7-8H,3-6,16H2,1-2H3,(H,17,18). The third kappa shape index (κ3) is 2.59. The van der Waals surface area contributed by atoms with Crippen molar-refractivity contribution in [2.45, 2.75) is 45.1 Å². The lowest BCUT2D eigenvalue weighted by atomic mass is 9.98. The van der Waals surface area contributed by atoms with E-state index < -0.39 is 5.54 Å². The van der Waals surface area contributed by atoms with Crippen LogP contribution in [0.25, 0.3) is 0 Å². The lowest BCUT2D eigenvalue weighted by molar-refractivity contribution is -0.121. The Kier molecular flexibility index (Phi) is 3.78. The van der Waals surface area contributed by atoms with Gasteiger partial charge in [-0.3, -0.25) is 4.79 Å². The van der Waals surface area contributed by atoms with Crippen LogP contribution in [0.5, 0.6) is 0 Å². The Balaban J connectivity index is 2.17. The lowest BCUT2D eigenvalue weighted by Crippen LogP contribution is -2.48. The van der Waals surface area contributed by atoms with Gasteiger partial charge in [0, 0.05) is 10.2 Å². The zero-order valence-corrected chi connectivity index (χ0v) is 12.4. The van der Waals surface area contributed by atoms with Crippen molar-refractivity contribution in [3.8, 4) is 0 Å². The molecule has 2 rings (SSSR count). The summed E-state index contributed by atoms with van der Waals surface area (Å²) in [4.78, 5) is 12.2. The summed E-state index contributed by atoms with van der Waals surface area (Å²) in [5.41, 5.74) is 8.52. The number of aryl methyl sites for hydroxylation is 2. The Morgan fingerprint density at radius 2 is 1.78 bits per heavy atom. The fourth-order valence-electron chi connectivity index (χ4n) is 2.51. The van der Waals surface area contributed by atoms with Crippen LogP contribution in [0, 0.1) is 13.8 Å². The summed E-state index contributed by atoms with van der Waals surface area (Å²) in [7, 11) is 0. The summed E-state index contributed by atoms with van der Waals surface area (Å²) in [6.45, 7) is 4.03. The third-order valence-electron chi connectivity index (χ3n) is 3.64. The van der Waals surface area contributed by atoms with Gasteiger partial charge in [-0.05, 0) is 49.9 Å². The lowest BCUT2D eigenvalue weighted by Gasteiger charge is -2.22. The summed E-state index contributed by atoms with van der Waals surface area (Å²) < 4.78 is 1.09. The maximum absolute atomic E-state index is 12.2. The number of nitrogens with one attached hydrogen (secondary N) is 1. The molecule has 1 saturated carbocycles. The van der Waals surface area contributed by atoms with Gasteiger partial charge in [0.25, 0.3) is 0 Å². The molecule has 1 aromatic rings. The molecule has 3 nitrogen and oxygen atoms in total. The van der Waals surface area contributed by atoms with Crippen LogP contribution >= 0.6 is 15.9 Å². The van der Waals surface area contributed by atoms with E-state index in [4.69, 9.17) is 5.73 Å². The number of nitrogens with two attached hydrogens (primary N) is 1. The average molecular weight is 311 g/mol. The van der Waals surface area contributed by atoms with Gasteiger partial charge in [0.05, 0.1) is 5.54 Å². The quantitative estimate of drug-likeness (QED) is 0.880. The smallest absolute Gasteiger partial charge is 0.244 e. The Hall–Kier alpha value is -0.870.